The van der Waals surface area contributed by atoms with E-state index in [0.717, 1.165) is 38.7 Å². The Bertz CT molecular complexity index is 290. The Balaban J connectivity index is 1.84. The lowest BCUT2D eigenvalue weighted by Crippen LogP contribution is -2.52. The summed E-state index contributed by atoms with van der Waals surface area (Å²) in [5.74, 6) is 0.302. The first-order valence-corrected chi connectivity index (χ1v) is 7.37. The Morgan fingerprint density at radius 2 is 2.11 bits per heavy atom. The molecular weight excluding hydrogens is 228 g/mol. The van der Waals surface area contributed by atoms with E-state index in [9.17, 15) is 4.79 Å². The van der Waals surface area contributed by atoms with Crippen LogP contribution in [-0.2, 0) is 9.53 Å². The number of nitrogens with one attached hydrogen (secondary N) is 1. The minimum Gasteiger partial charge on any atom is -0.378 e. The highest BCUT2D eigenvalue weighted by Gasteiger charge is 2.44. The summed E-state index contributed by atoms with van der Waals surface area (Å²) >= 11 is 0. The van der Waals surface area contributed by atoms with Crippen molar-refractivity contribution in [1.82, 2.24) is 10.2 Å². The number of carbonyl (C=O) groups excluding carboxylic acids is 1. The van der Waals surface area contributed by atoms with Gasteiger partial charge in [0.25, 0.3) is 0 Å². The van der Waals surface area contributed by atoms with Gasteiger partial charge in [0.15, 0.2) is 0 Å². The molecular formula is C14H26N2O2. The van der Waals surface area contributed by atoms with Gasteiger partial charge in [-0.15, -0.1) is 0 Å². The van der Waals surface area contributed by atoms with Crippen LogP contribution in [0.2, 0.25) is 0 Å². The molecule has 1 saturated heterocycles. The fourth-order valence-corrected chi connectivity index (χ4v) is 3.06. The van der Waals surface area contributed by atoms with Crippen LogP contribution in [0.3, 0.4) is 0 Å². The van der Waals surface area contributed by atoms with Crippen LogP contribution in [0.5, 0.6) is 0 Å². The number of rotatable bonds is 6. The number of amides is 1. The summed E-state index contributed by atoms with van der Waals surface area (Å²) in [6.45, 7) is 7.06. The maximum Gasteiger partial charge on any atom is 0.241 e. The van der Waals surface area contributed by atoms with Crippen molar-refractivity contribution in [1.29, 1.82) is 0 Å². The van der Waals surface area contributed by atoms with Gasteiger partial charge in [0.05, 0.1) is 18.3 Å². The lowest BCUT2D eigenvalue weighted by molar-refractivity contribution is -0.138. The first-order valence-electron chi connectivity index (χ1n) is 7.37. The molecule has 0 aromatic rings. The van der Waals surface area contributed by atoms with E-state index in [1.165, 1.54) is 0 Å². The topological polar surface area (TPSA) is 41.6 Å². The minimum absolute atomic E-state index is 0.0473. The summed E-state index contributed by atoms with van der Waals surface area (Å²) in [6.07, 6.45) is 5.81. The number of hydrogen-bond donors (Lipinski definition) is 1. The molecule has 1 N–H and O–H groups in total. The van der Waals surface area contributed by atoms with E-state index in [-0.39, 0.29) is 12.2 Å². The van der Waals surface area contributed by atoms with E-state index < -0.39 is 0 Å². The SMILES string of the molecule is CCCCC1NC(C)N(C2CC(OCC)C2)C1=O. The van der Waals surface area contributed by atoms with Crippen molar-refractivity contribution in [3.8, 4) is 0 Å². The van der Waals surface area contributed by atoms with E-state index in [2.05, 4.69) is 24.1 Å². The molecule has 1 aliphatic heterocycles. The van der Waals surface area contributed by atoms with Gasteiger partial charge in [0.1, 0.15) is 0 Å². The summed E-state index contributed by atoms with van der Waals surface area (Å²) in [6, 6.07) is 0.439. The molecule has 1 saturated carbocycles. The van der Waals surface area contributed by atoms with Gasteiger partial charge in [-0.25, -0.2) is 0 Å². The van der Waals surface area contributed by atoms with Gasteiger partial charge in [-0.1, -0.05) is 19.8 Å². The predicted molar refractivity (Wildman–Crippen MR) is 71.2 cm³/mol. The molecule has 0 radical (unpaired) electrons. The number of nitrogens with zero attached hydrogens (tertiary/aromatic N) is 1. The molecule has 104 valence electrons. The molecule has 2 unspecified atom stereocenters. The molecule has 0 aromatic carbocycles. The summed E-state index contributed by atoms with van der Waals surface area (Å²) < 4.78 is 5.57. The molecule has 4 nitrogen and oxygen atoms in total. The molecule has 2 aliphatic rings. The van der Waals surface area contributed by atoms with Crippen LogP contribution in [-0.4, -0.2) is 41.8 Å². The van der Waals surface area contributed by atoms with Crippen molar-refractivity contribution in [2.24, 2.45) is 0 Å². The van der Waals surface area contributed by atoms with Crippen LogP contribution in [0.15, 0.2) is 0 Å². The maximum atomic E-state index is 12.3. The third kappa shape index (κ3) is 2.69. The van der Waals surface area contributed by atoms with Gasteiger partial charge in [0, 0.05) is 12.6 Å². The smallest absolute Gasteiger partial charge is 0.241 e. The van der Waals surface area contributed by atoms with E-state index in [4.69, 9.17) is 4.74 Å². The van der Waals surface area contributed by atoms with Gasteiger partial charge in [-0.2, -0.15) is 0 Å². The maximum absolute atomic E-state index is 12.3. The molecule has 1 heterocycles. The molecule has 0 spiro atoms. The Labute approximate surface area is 110 Å². The standard InChI is InChI=1S/C14H26N2O2/c1-4-6-7-13-14(17)16(10(3)15-13)11-8-12(9-11)18-5-2/h10-13,15H,4-9H2,1-3H3. The molecule has 2 atom stereocenters. The van der Waals surface area contributed by atoms with Crippen molar-refractivity contribution in [2.75, 3.05) is 6.61 Å². The van der Waals surface area contributed by atoms with Crippen molar-refractivity contribution >= 4 is 5.91 Å². The normalized spacial score (nSPS) is 35.9. The highest BCUT2D eigenvalue weighted by molar-refractivity contribution is 5.84. The van der Waals surface area contributed by atoms with Gasteiger partial charge in [-0.05, 0) is 33.1 Å². The van der Waals surface area contributed by atoms with Gasteiger partial charge < -0.3 is 9.64 Å². The van der Waals surface area contributed by atoms with Gasteiger partial charge >= 0.3 is 0 Å². The first kappa shape index (κ1) is 13.8. The summed E-state index contributed by atoms with van der Waals surface area (Å²) in [5.41, 5.74) is 0. The van der Waals surface area contributed by atoms with Crippen molar-refractivity contribution in [3.63, 3.8) is 0 Å². The average molecular weight is 254 g/mol. The molecule has 1 amide bonds. The summed E-state index contributed by atoms with van der Waals surface area (Å²) in [4.78, 5) is 14.4. The van der Waals surface area contributed by atoms with E-state index in [1.807, 2.05) is 6.92 Å². The van der Waals surface area contributed by atoms with E-state index in [0.29, 0.717) is 18.1 Å². The fourth-order valence-electron chi connectivity index (χ4n) is 3.06. The zero-order valence-electron chi connectivity index (χ0n) is 11.8. The monoisotopic (exact) mass is 254 g/mol. The highest BCUT2D eigenvalue weighted by atomic mass is 16.5. The van der Waals surface area contributed by atoms with Gasteiger partial charge in [-0.3, -0.25) is 10.1 Å². The minimum atomic E-state index is 0.0473. The summed E-state index contributed by atoms with van der Waals surface area (Å²) in [5, 5.41) is 3.42. The van der Waals surface area contributed by atoms with Crippen molar-refractivity contribution in [2.45, 2.75) is 77.2 Å². The first-order chi connectivity index (χ1) is 8.67. The number of ether oxygens (including phenoxy) is 1. The second kappa shape index (κ2) is 6.02. The molecule has 4 heteroatoms. The molecule has 0 aromatic heterocycles. The molecule has 1 aliphatic carbocycles. The predicted octanol–water partition coefficient (Wildman–Crippen LogP) is 1.89. The van der Waals surface area contributed by atoms with Crippen LogP contribution < -0.4 is 5.32 Å². The van der Waals surface area contributed by atoms with Crippen LogP contribution in [0.1, 0.15) is 52.9 Å². The Morgan fingerprint density at radius 3 is 2.72 bits per heavy atom. The summed E-state index contributed by atoms with van der Waals surface area (Å²) in [7, 11) is 0. The Morgan fingerprint density at radius 1 is 1.39 bits per heavy atom. The zero-order chi connectivity index (χ0) is 13.1. The lowest BCUT2D eigenvalue weighted by Gasteiger charge is -2.42. The van der Waals surface area contributed by atoms with Gasteiger partial charge in [0.2, 0.25) is 5.91 Å². The van der Waals surface area contributed by atoms with Crippen LogP contribution >= 0.6 is 0 Å². The molecule has 18 heavy (non-hydrogen) atoms. The molecule has 2 fully saturated rings. The molecule has 2 rings (SSSR count). The van der Waals surface area contributed by atoms with Crippen LogP contribution in [0, 0.1) is 0 Å². The fraction of sp³-hybridized carbons (Fsp3) is 0.929. The number of hydrogen-bond acceptors (Lipinski definition) is 3. The van der Waals surface area contributed by atoms with Crippen molar-refractivity contribution in [3.05, 3.63) is 0 Å². The molecule has 0 bridgehead atoms. The second-order valence-corrected chi connectivity index (χ2v) is 5.49. The highest BCUT2D eigenvalue weighted by Crippen LogP contribution is 2.32. The average Bonchev–Trinajstić information content (AvgIpc) is 2.57. The number of carbonyl (C=O) groups is 1. The van der Waals surface area contributed by atoms with E-state index in [1.54, 1.807) is 0 Å². The lowest BCUT2D eigenvalue weighted by atomic mass is 9.87. The third-order valence-electron chi connectivity index (χ3n) is 4.12. The zero-order valence-corrected chi connectivity index (χ0v) is 11.8. The van der Waals surface area contributed by atoms with Crippen LogP contribution in [0.4, 0.5) is 0 Å². The largest absolute Gasteiger partial charge is 0.378 e. The Hall–Kier alpha value is -0.610. The third-order valence-corrected chi connectivity index (χ3v) is 4.12. The van der Waals surface area contributed by atoms with Crippen molar-refractivity contribution < 1.29 is 9.53 Å². The quantitative estimate of drug-likeness (QED) is 0.787. The Kier molecular flexibility index (Phi) is 4.62. The van der Waals surface area contributed by atoms with E-state index >= 15 is 0 Å². The number of unbranched alkanes of at least 4 members (excludes halogenated alkanes) is 1. The van der Waals surface area contributed by atoms with Crippen LogP contribution in [0.25, 0.3) is 0 Å². The second-order valence-electron chi connectivity index (χ2n) is 5.49.